The van der Waals surface area contributed by atoms with Crippen molar-refractivity contribution in [3.63, 3.8) is 0 Å². The second kappa shape index (κ2) is 5.19. The van der Waals surface area contributed by atoms with Crippen molar-refractivity contribution in [3.8, 4) is 5.75 Å². The van der Waals surface area contributed by atoms with Crippen molar-refractivity contribution in [1.29, 1.82) is 0 Å². The standard InChI is InChI=1S/C14H18N2O3/c15-11-5-6-18-8-13(11)19-10-2-3-12-9(7-10)1-4-14(17)16-12/h2-3,7,11,13H,1,4-6,8,15H2,(H,16,17). The Hall–Kier alpha value is -1.59. The summed E-state index contributed by atoms with van der Waals surface area (Å²) in [5, 5.41) is 2.86. The number of nitrogens with one attached hydrogen (secondary N) is 1. The number of carbonyl (C=O) groups excluding carboxylic acids is 1. The minimum absolute atomic E-state index is 0.0180. The van der Waals surface area contributed by atoms with E-state index in [2.05, 4.69) is 5.32 Å². The number of nitrogens with two attached hydrogens (primary N) is 1. The first kappa shape index (κ1) is 12.4. The number of amides is 1. The molecule has 1 aromatic rings. The normalized spacial score (nSPS) is 26.5. The molecule has 2 heterocycles. The summed E-state index contributed by atoms with van der Waals surface area (Å²) in [6, 6.07) is 5.75. The number of carbonyl (C=O) groups is 1. The van der Waals surface area contributed by atoms with Crippen LogP contribution in [-0.4, -0.2) is 31.3 Å². The van der Waals surface area contributed by atoms with Crippen molar-refractivity contribution < 1.29 is 14.3 Å². The molecule has 0 radical (unpaired) electrons. The number of fused-ring (bicyclic) bond motifs is 1. The van der Waals surface area contributed by atoms with Crippen LogP contribution >= 0.6 is 0 Å². The van der Waals surface area contributed by atoms with Crippen LogP contribution in [0.5, 0.6) is 5.75 Å². The Kier molecular flexibility index (Phi) is 3.40. The molecule has 1 amide bonds. The Morgan fingerprint density at radius 1 is 1.37 bits per heavy atom. The summed E-state index contributed by atoms with van der Waals surface area (Å²) in [6.07, 6.45) is 2.02. The molecular formula is C14H18N2O3. The van der Waals surface area contributed by atoms with E-state index in [9.17, 15) is 4.79 Å². The highest BCUT2D eigenvalue weighted by Crippen LogP contribution is 2.28. The molecule has 1 fully saturated rings. The lowest BCUT2D eigenvalue weighted by Gasteiger charge is -2.29. The molecule has 5 heteroatoms. The fourth-order valence-electron chi connectivity index (χ4n) is 2.46. The van der Waals surface area contributed by atoms with Gasteiger partial charge in [-0.25, -0.2) is 0 Å². The van der Waals surface area contributed by atoms with E-state index < -0.39 is 0 Å². The molecule has 1 aromatic carbocycles. The van der Waals surface area contributed by atoms with Gasteiger partial charge in [0.2, 0.25) is 5.91 Å². The molecule has 1 saturated heterocycles. The second-order valence-corrected chi connectivity index (χ2v) is 5.05. The molecule has 2 atom stereocenters. The van der Waals surface area contributed by atoms with Gasteiger partial charge in [-0.15, -0.1) is 0 Å². The maximum absolute atomic E-state index is 11.3. The van der Waals surface area contributed by atoms with Gasteiger partial charge in [0.25, 0.3) is 0 Å². The highest BCUT2D eigenvalue weighted by Gasteiger charge is 2.24. The van der Waals surface area contributed by atoms with E-state index in [-0.39, 0.29) is 18.1 Å². The third-order valence-corrected chi connectivity index (χ3v) is 3.61. The number of rotatable bonds is 2. The summed E-state index contributed by atoms with van der Waals surface area (Å²) in [5.74, 6) is 0.865. The predicted molar refractivity (Wildman–Crippen MR) is 71.2 cm³/mol. The SMILES string of the molecule is NC1CCOCC1Oc1ccc2c(c1)CCC(=O)N2. The third-order valence-electron chi connectivity index (χ3n) is 3.61. The van der Waals surface area contributed by atoms with E-state index in [0.29, 0.717) is 19.6 Å². The van der Waals surface area contributed by atoms with E-state index >= 15 is 0 Å². The van der Waals surface area contributed by atoms with Crippen molar-refractivity contribution in [1.82, 2.24) is 0 Å². The van der Waals surface area contributed by atoms with Crippen molar-refractivity contribution in [2.75, 3.05) is 18.5 Å². The molecule has 0 aromatic heterocycles. The zero-order valence-corrected chi connectivity index (χ0v) is 10.7. The van der Waals surface area contributed by atoms with Crippen LogP contribution in [-0.2, 0) is 16.0 Å². The smallest absolute Gasteiger partial charge is 0.224 e. The Labute approximate surface area is 112 Å². The summed E-state index contributed by atoms with van der Waals surface area (Å²) in [7, 11) is 0. The van der Waals surface area contributed by atoms with Crippen LogP contribution in [0.25, 0.3) is 0 Å². The first-order chi connectivity index (χ1) is 9.22. The van der Waals surface area contributed by atoms with E-state index in [1.54, 1.807) is 0 Å². The van der Waals surface area contributed by atoms with Crippen LogP contribution in [0.15, 0.2) is 18.2 Å². The van der Waals surface area contributed by atoms with Gasteiger partial charge < -0.3 is 20.5 Å². The molecule has 19 heavy (non-hydrogen) atoms. The summed E-state index contributed by atoms with van der Waals surface area (Å²) >= 11 is 0. The third kappa shape index (κ3) is 2.72. The Bertz CT molecular complexity index is 490. The van der Waals surface area contributed by atoms with Gasteiger partial charge in [0.05, 0.1) is 6.61 Å². The molecule has 5 nitrogen and oxygen atoms in total. The van der Waals surface area contributed by atoms with Gasteiger partial charge >= 0.3 is 0 Å². The molecule has 3 rings (SSSR count). The number of anilines is 1. The zero-order valence-electron chi connectivity index (χ0n) is 10.7. The number of hydrogen-bond acceptors (Lipinski definition) is 4. The van der Waals surface area contributed by atoms with E-state index in [1.807, 2.05) is 18.2 Å². The summed E-state index contributed by atoms with van der Waals surface area (Å²) in [5.41, 5.74) is 8.02. The Balaban J connectivity index is 1.73. The molecule has 3 N–H and O–H groups in total. The molecule has 0 aliphatic carbocycles. The molecule has 102 valence electrons. The lowest BCUT2D eigenvalue weighted by Crippen LogP contribution is -2.46. The van der Waals surface area contributed by atoms with Crippen LogP contribution in [0, 0.1) is 0 Å². The second-order valence-electron chi connectivity index (χ2n) is 5.05. The van der Waals surface area contributed by atoms with Gasteiger partial charge in [0.1, 0.15) is 11.9 Å². The fraction of sp³-hybridized carbons (Fsp3) is 0.500. The lowest BCUT2D eigenvalue weighted by atomic mass is 10.0. The molecular weight excluding hydrogens is 244 g/mol. The Morgan fingerprint density at radius 2 is 2.26 bits per heavy atom. The first-order valence-corrected chi connectivity index (χ1v) is 6.65. The summed E-state index contributed by atoms with van der Waals surface area (Å²) in [4.78, 5) is 11.3. The van der Waals surface area contributed by atoms with Crippen molar-refractivity contribution in [2.45, 2.75) is 31.4 Å². The lowest BCUT2D eigenvalue weighted by molar-refractivity contribution is -0.116. The average molecular weight is 262 g/mol. The van der Waals surface area contributed by atoms with Crippen LogP contribution in [0.2, 0.25) is 0 Å². The van der Waals surface area contributed by atoms with Crippen molar-refractivity contribution in [3.05, 3.63) is 23.8 Å². The van der Waals surface area contributed by atoms with Crippen molar-refractivity contribution in [2.24, 2.45) is 5.73 Å². The number of hydrogen-bond donors (Lipinski definition) is 2. The van der Waals surface area contributed by atoms with E-state index in [1.165, 1.54) is 0 Å². The average Bonchev–Trinajstić information content (AvgIpc) is 2.41. The largest absolute Gasteiger partial charge is 0.486 e. The minimum Gasteiger partial charge on any atom is -0.486 e. The van der Waals surface area contributed by atoms with E-state index in [4.69, 9.17) is 15.2 Å². The number of aryl methyl sites for hydroxylation is 1. The van der Waals surface area contributed by atoms with Crippen LogP contribution in [0.4, 0.5) is 5.69 Å². The monoisotopic (exact) mass is 262 g/mol. The molecule has 0 saturated carbocycles. The van der Waals surface area contributed by atoms with Crippen LogP contribution in [0.3, 0.4) is 0 Å². The molecule has 0 bridgehead atoms. The minimum atomic E-state index is -0.0926. The maximum Gasteiger partial charge on any atom is 0.224 e. The summed E-state index contributed by atoms with van der Waals surface area (Å²) < 4.78 is 11.3. The maximum atomic E-state index is 11.3. The highest BCUT2D eigenvalue weighted by atomic mass is 16.5. The Morgan fingerprint density at radius 3 is 3.11 bits per heavy atom. The van der Waals surface area contributed by atoms with Gasteiger partial charge in [0.15, 0.2) is 0 Å². The van der Waals surface area contributed by atoms with Crippen LogP contribution < -0.4 is 15.8 Å². The molecule has 0 spiro atoms. The number of ether oxygens (including phenoxy) is 2. The van der Waals surface area contributed by atoms with Gasteiger partial charge in [-0.1, -0.05) is 0 Å². The topological polar surface area (TPSA) is 73.6 Å². The van der Waals surface area contributed by atoms with Gasteiger partial charge in [-0.3, -0.25) is 4.79 Å². The first-order valence-electron chi connectivity index (χ1n) is 6.65. The molecule has 2 aliphatic heterocycles. The van der Waals surface area contributed by atoms with Gasteiger partial charge in [0, 0.05) is 24.8 Å². The predicted octanol–water partition coefficient (Wildman–Crippen LogP) is 1.07. The van der Waals surface area contributed by atoms with Gasteiger partial charge in [-0.05, 0) is 36.6 Å². The van der Waals surface area contributed by atoms with E-state index in [0.717, 1.165) is 29.8 Å². The summed E-state index contributed by atoms with van der Waals surface area (Å²) in [6.45, 7) is 1.24. The van der Waals surface area contributed by atoms with Crippen LogP contribution in [0.1, 0.15) is 18.4 Å². The van der Waals surface area contributed by atoms with Gasteiger partial charge in [-0.2, -0.15) is 0 Å². The highest BCUT2D eigenvalue weighted by molar-refractivity contribution is 5.93. The quantitative estimate of drug-likeness (QED) is 0.836. The zero-order chi connectivity index (χ0) is 13.2. The molecule has 2 unspecified atom stereocenters. The molecule has 2 aliphatic rings. The number of benzene rings is 1. The van der Waals surface area contributed by atoms with Crippen molar-refractivity contribution >= 4 is 11.6 Å². The fourth-order valence-corrected chi connectivity index (χ4v) is 2.46.